The van der Waals surface area contributed by atoms with Gasteiger partial charge in [0.2, 0.25) is 5.91 Å². The zero-order valence-electron chi connectivity index (χ0n) is 13.0. The molecule has 3 heterocycles. The summed E-state index contributed by atoms with van der Waals surface area (Å²) in [6.07, 6.45) is 0.652. The van der Waals surface area contributed by atoms with E-state index in [2.05, 4.69) is 41.0 Å². The van der Waals surface area contributed by atoms with Crippen LogP contribution in [0.3, 0.4) is 0 Å². The Labute approximate surface area is 139 Å². The number of thiazole rings is 1. The van der Waals surface area contributed by atoms with Gasteiger partial charge in [0, 0.05) is 48.9 Å². The maximum atomic E-state index is 12.1. The van der Waals surface area contributed by atoms with Crippen LogP contribution in [0.4, 0.5) is 5.13 Å². The molecule has 0 unspecified atom stereocenters. The summed E-state index contributed by atoms with van der Waals surface area (Å²) in [5.41, 5.74) is 2.25. The smallest absolute Gasteiger partial charge is 0.222 e. The van der Waals surface area contributed by atoms with Crippen molar-refractivity contribution in [2.24, 2.45) is 5.92 Å². The molecule has 0 N–H and O–H groups in total. The summed E-state index contributed by atoms with van der Waals surface area (Å²) in [5.74, 6) is 0.713. The molecule has 0 atom stereocenters. The van der Waals surface area contributed by atoms with Crippen molar-refractivity contribution in [2.45, 2.75) is 20.3 Å². The van der Waals surface area contributed by atoms with E-state index in [0.29, 0.717) is 12.3 Å². The van der Waals surface area contributed by atoms with E-state index in [4.69, 9.17) is 4.98 Å². The van der Waals surface area contributed by atoms with Crippen LogP contribution < -0.4 is 4.90 Å². The van der Waals surface area contributed by atoms with Gasteiger partial charge in [0.25, 0.3) is 0 Å². The Hall–Kier alpha value is -1.40. The second-order valence-corrected chi connectivity index (χ2v) is 7.61. The number of hydrogen-bond donors (Lipinski definition) is 0. The monoisotopic (exact) mass is 335 g/mol. The third-order valence-corrected chi connectivity index (χ3v) is 5.38. The second kappa shape index (κ2) is 6.79. The summed E-state index contributed by atoms with van der Waals surface area (Å²) in [6, 6.07) is 2.10. The molecule has 2 aromatic heterocycles. The fourth-order valence-corrected chi connectivity index (χ4v) is 4.12. The predicted octanol–water partition coefficient (Wildman–Crippen LogP) is 3.57. The molecule has 0 radical (unpaired) electrons. The van der Waals surface area contributed by atoms with Gasteiger partial charge in [-0.1, -0.05) is 13.8 Å². The van der Waals surface area contributed by atoms with Crippen molar-refractivity contribution in [3.05, 3.63) is 22.2 Å². The molecule has 1 fully saturated rings. The average Bonchev–Trinajstić information content (AvgIpc) is 3.18. The van der Waals surface area contributed by atoms with E-state index < -0.39 is 0 Å². The normalized spacial score (nSPS) is 15.6. The first-order valence-electron chi connectivity index (χ1n) is 7.64. The van der Waals surface area contributed by atoms with Crippen molar-refractivity contribution in [3.63, 3.8) is 0 Å². The van der Waals surface area contributed by atoms with Gasteiger partial charge in [-0.3, -0.25) is 4.79 Å². The van der Waals surface area contributed by atoms with Gasteiger partial charge >= 0.3 is 0 Å². The maximum Gasteiger partial charge on any atom is 0.222 e. The third-order valence-electron chi connectivity index (χ3n) is 3.79. The number of rotatable bonds is 4. The van der Waals surface area contributed by atoms with E-state index in [1.807, 2.05) is 4.90 Å². The zero-order chi connectivity index (χ0) is 15.5. The minimum atomic E-state index is 0.285. The number of carbonyl (C=O) groups is 1. The molecular formula is C16H21N3OS2. The lowest BCUT2D eigenvalue weighted by atomic mass is 10.1. The van der Waals surface area contributed by atoms with E-state index in [1.54, 1.807) is 22.7 Å². The molecule has 0 saturated carbocycles. The molecule has 1 amide bonds. The lowest BCUT2D eigenvalue weighted by Crippen LogP contribution is -2.49. The summed E-state index contributed by atoms with van der Waals surface area (Å²) >= 11 is 3.38. The molecule has 3 rings (SSSR count). The fraction of sp³-hybridized carbons (Fsp3) is 0.500. The minimum Gasteiger partial charge on any atom is -0.345 e. The van der Waals surface area contributed by atoms with Crippen molar-refractivity contribution in [1.82, 2.24) is 9.88 Å². The van der Waals surface area contributed by atoms with Gasteiger partial charge < -0.3 is 9.80 Å². The van der Waals surface area contributed by atoms with Crippen LogP contribution in [-0.2, 0) is 4.79 Å². The number of hydrogen-bond acceptors (Lipinski definition) is 5. The van der Waals surface area contributed by atoms with Gasteiger partial charge in [-0.15, -0.1) is 11.3 Å². The highest BCUT2D eigenvalue weighted by Crippen LogP contribution is 2.29. The van der Waals surface area contributed by atoms with Gasteiger partial charge in [-0.25, -0.2) is 4.98 Å². The molecule has 1 saturated heterocycles. The number of carbonyl (C=O) groups excluding carboxylic acids is 1. The zero-order valence-corrected chi connectivity index (χ0v) is 14.6. The predicted molar refractivity (Wildman–Crippen MR) is 93.7 cm³/mol. The summed E-state index contributed by atoms with van der Waals surface area (Å²) < 4.78 is 0. The fourth-order valence-electron chi connectivity index (χ4n) is 2.58. The van der Waals surface area contributed by atoms with E-state index in [0.717, 1.165) is 37.0 Å². The van der Waals surface area contributed by atoms with Crippen molar-refractivity contribution < 1.29 is 4.79 Å². The Morgan fingerprint density at radius 3 is 2.68 bits per heavy atom. The SMILES string of the molecule is CC(C)CC(=O)N1CCN(c2nc(-c3ccsc3)cs2)CC1. The van der Waals surface area contributed by atoms with Gasteiger partial charge in [0.15, 0.2) is 5.13 Å². The topological polar surface area (TPSA) is 36.4 Å². The van der Waals surface area contributed by atoms with Crippen molar-refractivity contribution >= 4 is 33.7 Å². The lowest BCUT2D eigenvalue weighted by molar-refractivity contribution is -0.132. The highest BCUT2D eigenvalue weighted by molar-refractivity contribution is 7.14. The molecule has 0 bridgehead atoms. The summed E-state index contributed by atoms with van der Waals surface area (Å²) in [6.45, 7) is 7.55. The van der Waals surface area contributed by atoms with Crippen LogP contribution in [0, 0.1) is 5.92 Å². The lowest BCUT2D eigenvalue weighted by Gasteiger charge is -2.35. The number of nitrogens with zero attached hydrogens (tertiary/aromatic N) is 3. The van der Waals surface area contributed by atoms with Crippen LogP contribution in [0.5, 0.6) is 0 Å². The number of anilines is 1. The van der Waals surface area contributed by atoms with Crippen LogP contribution in [0.2, 0.25) is 0 Å². The minimum absolute atomic E-state index is 0.285. The molecular weight excluding hydrogens is 314 g/mol. The third kappa shape index (κ3) is 3.50. The maximum absolute atomic E-state index is 12.1. The van der Waals surface area contributed by atoms with Gasteiger partial charge in [0.1, 0.15) is 0 Å². The van der Waals surface area contributed by atoms with Crippen LogP contribution in [0.1, 0.15) is 20.3 Å². The Balaban J connectivity index is 1.59. The summed E-state index contributed by atoms with van der Waals surface area (Å²) in [5, 5.41) is 7.39. The van der Waals surface area contributed by atoms with Crippen molar-refractivity contribution in [2.75, 3.05) is 31.1 Å². The van der Waals surface area contributed by atoms with E-state index >= 15 is 0 Å². The largest absolute Gasteiger partial charge is 0.345 e. The van der Waals surface area contributed by atoms with E-state index in [9.17, 15) is 4.79 Å². The highest BCUT2D eigenvalue weighted by Gasteiger charge is 2.23. The number of amides is 1. The van der Waals surface area contributed by atoms with Crippen molar-refractivity contribution in [3.8, 4) is 11.3 Å². The van der Waals surface area contributed by atoms with Crippen LogP contribution in [-0.4, -0.2) is 42.0 Å². The number of thiophene rings is 1. The molecule has 1 aliphatic rings. The number of aromatic nitrogens is 1. The molecule has 22 heavy (non-hydrogen) atoms. The van der Waals surface area contributed by atoms with E-state index in [1.165, 1.54) is 5.56 Å². The molecule has 0 aromatic carbocycles. The molecule has 0 aliphatic carbocycles. The van der Waals surface area contributed by atoms with E-state index in [-0.39, 0.29) is 5.91 Å². The first kappa shape index (κ1) is 15.5. The molecule has 1 aliphatic heterocycles. The first-order chi connectivity index (χ1) is 10.6. The molecule has 2 aromatic rings. The highest BCUT2D eigenvalue weighted by atomic mass is 32.1. The molecule has 118 valence electrons. The average molecular weight is 335 g/mol. The standard InChI is InChI=1S/C16H21N3OS2/c1-12(2)9-15(20)18-4-6-19(7-5-18)16-17-14(11-22-16)13-3-8-21-10-13/h3,8,10-12H,4-7,9H2,1-2H3. The Morgan fingerprint density at radius 2 is 2.05 bits per heavy atom. The van der Waals surface area contributed by atoms with Crippen LogP contribution >= 0.6 is 22.7 Å². The first-order valence-corrected chi connectivity index (χ1v) is 9.46. The summed E-state index contributed by atoms with van der Waals surface area (Å²) in [7, 11) is 0. The van der Waals surface area contributed by atoms with Crippen molar-refractivity contribution in [1.29, 1.82) is 0 Å². The van der Waals surface area contributed by atoms with Gasteiger partial charge in [-0.2, -0.15) is 11.3 Å². The molecule has 4 nitrogen and oxygen atoms in total. The quantitative estimate of drug-likeness (QED) is 0.857. The molecule has 0 spiro atoms. The van der Waals surface area contributed by atoms with Gasteiger partial charge in [0.05, 0.1) is 5.69 Å². The summed E-state index contributed by atoms with van der Waals surface area (Å²) in [4.78, 5) is 21.1. The van der Waals surface area contributed by atoms with Crippen LogP contribution in [0.25, 0.3) is 11.3 Å². The Bertz CT molecular complexity index is 613. The molecule has 6 heteroatoms. The van der Waals surface area contributed by atoms with Gasteiger partial charge in [-0.05, 0) is 17.4 Å². The Morgan fingerprint density at radius 1 is 1.27 bits per heavy atom. The number of piperazine rings is 1. The Kier molecular flexibility index (Phi) is 4.78. The van der Waals surface area contributed by atoms with Crippen LogP contribution in [0.15, 0.2) is 22.2 Å². The second-order valence-electron chi connectivity index (χ2n) is 5.99.